The Bertz CT molecular complexity index is 931. The molecule has 1 fully saturated rings. The predicted molar refractivity (Wildman–Crippen MR) is 88.3 cm³/mol. The van der Waals surface area contributed by atoms with Crippen LogP contribution in [0.4, 0.5) is 13.2 Å². The van der Waals surface area contributed by atoms with Crippen molar-refractivity contribution in [3.63, 3.8) is 0 Å². The number of carbonyl (C=O) groups is 1. The molecule has 2 atom stereocenters. The van der Waals surface area contributed by atoms with Gasteiger partial charge in [-0.3, -0.25) is 14.8 Å². The number of aromatic nitrogens is 1. The number of benzene rings is 1. The lowest BCUT2D eigenvalue weighted by atomic mass is 10.0. The maximum Gasteiger partial charge on any atom is 0.250 e. The van der Waals surface area contributed by atoms with Gasteiger partial charge in [0.2, 0.25) is 5.91 Å². The summed E-state index contributed by atoms with van der Waals surface area (Å²) in [4.78, 5) is 21.6. The van der Waals surface area contributed by atoms with Crippen molar-refractivity contribution in [2.24, 2.45) is 10.7 Å². The average molecular weight is 360 g/mol. The molecule has 5 nitrogen and oxygen atoms in total. The third-order valence-corrected chi connectivity index (χ3v) is 4.71. The quantitative estimate of drug-likeness (QED) is 0.895. The van der Waals surface area contributed by atoms with Gasteiger partial charge < -0.3 is 10.6 Å². The average Bonchev–Trinajstić information content (AvgIpc) is 3.19. The first kappa shape index (κ1) is 16.6. The van der Waals surface area contributed by atoms with E-state index in [2.05, 4.69) is 9.98 Å². The van der Waals surface area contributed by atoms with E-state index in [4.69, 9.17) is 5.73 Å². The van der Waals surface area contributed by atoms with E-state index in [-0.39, 0.29) is 30.6 Å². The maximum absolute atomic E-state index is 14.2. The topological polar surface area (TPSA) is 71.6 Å². The standard InChI is InChI=1S/C18H15F3N4O/c19-10-1-2-14(21)12(4-10)16-5-11(20)8-25(16)18-13-3-9(17(22)26)6-23-15(13)7-24-18/h1-4,6,11,16H,5,7-8H2,(H2,22,26)/t11-,16+/m0/s1. The molecule has 0 saturated carbocycles. The Labute approximate surface area is 147 Å². The van der Waals surface area contributed by atoms with Crippen molar-refractivity contribution in [2.45, 2.75) is 25.2 Å². The molecule has 4 rings (SSSR count). The van der Waals surface area contributed by atoms with E-state index in [1.54, 1.807) is 11.0 Å². The molecular formula is C18H15F3N4O. The first-order valence-corrected chi connectivity index (χ1v) is 8.13. The van der Waals surface area contributed by atoms with Gasteiger partial charge in [-0.25, -0.2) is 13.2 Å². The van der Waals surface area contributed by atoms with Crippen molar-refractivity contribution in [1.29, 1.82) is 0 Å². The number of amides is 1. The summed E-state index contributed by atoms with van der Waals surface area (Å²) in [6, 6.07) is 4.01. The van der Waals surface area contributed by atoms with E-state index in [0.29, 0.717) is 17.1 Å². The number of alkyl halides is 1. The number of rotatable bonds is 2. The first-order valence-electron chi connectivity index (χ1n) is 8.13. The fourth-order valence-electron chi connectivity index (χ4n) is 3.51. The molecule has 1 amide bonds. The number of nitrogens with two attached hydrogens (primary N) is 1. The lowest BCUT2D eigenvalue weighted by Gasteiger charge is -2.27. The van der Waals surface area contributed by atoms with Crippen molar-refractivity contribution in [3.05, 3.63) is 64.5 Å². The Morgan fingerprint density at radius 3 is 2.85 bits per heavy atom. The molecule has 3 heterocycles. The second-order valence-corrected chi connectivity index (χ2v) is 6.39. The summed E-state index contributed by atoms with van der Waals surface area (Å²) < 4.78 is 42.0. The van der Waals surface area contributed by atoms with Gasteiger partial charge >= 0.3 is 0 Å². The van der Waals surface area contributed by atoms with Gasteiger partial charge in [-0.05, 0) is 24.3 Å². The smallest absolute Gasteiger partial charge is 0.250 e. The van der Waals surface area contributed by atoms with Crippen molar-refractivity contribution >= 4 is 11.7 Å². The van der Waals surface area contributed by atoms with Crippen LogP contribution in [0.1, 0.15) is 39.6 Å². The highest BCUT2D eigenvalue weighted by molar-refractivity contribution is 6.04. The molecule has 0 unspecified atom stereocenters. The molecule has 2 aliphatic heterocycles. The number of carbonyl (C=O) groups excluding carboxylic acids is 1. The fraction of sp³-hybridized carbons (Fsp3) is 0.278. The molecule has 0 spiro atoms. The molecule has 2 N–H and O–H groups in total. The third-order valence-electron chi connectivity index (χ3n) is 4.71. The summed E-state index contributed by atoms with van der Waals surface area (Å²) >= 11 is 0. The lowest BCUT2D eigenvalue weighted by Crippen LogP contribution is -2.32. The number of hydrogen-bond donors (Lipinski definition) is 1. The SMILES string of the molecule is NC(=O)c1cnc2c(c1)C(N1C[C@@H](F)C[C@@H]1c1cc(F)ccc1F)=NC2. The second-order valence-electron chi connectivity index (χ2n) is 6.39. The first-order chi connectivity index (χ1) is 12.4. The lowest BCUT2D eigenvalue weighted by molar-refractivity contribution is 0.1000. The molecule has 26 heavy (non-hydrogen) atoms. The Hall–Kier alpha value is -2.90. The van der Waals surface area contributed by atoms with Crippen LogP contribution in [0.25, 0.3) is 0 Å². The summed E-state index contributed by atoms with van der Waals surface area (Å²) in [7, 11) is 0. The van der Waals surface area contributed by atoms with Gasteiger partial charge in [-0.15, -0.1) is 0 Å². The minimum Gasteiger partial charge on any atom is -0.366 e. The van der Waals surface area contributed by atoms with E-state index in [9.17, 15) is 18.0 Å². The Kier molecular flexibility index (Phi) is 3.90. The van der Waals surface area contributed by atoms with Crippen molar-refractivity contribution < 1.29 is 18.0 Å². The summed E-state index contributed by atoms with van der Waals surface area (Å²) in [5, 5.41) is 0. The van der Waals surface area contributed by atoms with Crippen molar-refractivity contribution in [1.82, 2.24) is 9.88 Å². The van der Waals surface area contributed by atoms with Crippen LogP contribution in [0.3, 0.4) is 0 Å². The molecule has 0 radical (unpaired) electrons. The van der Waals surface area contributed by atoms with E-state index in [1.165, 1.54) is 6.20 Å². The zero-order valence-corrected chi connectivity index (χ0v) is 13.6. The maximum atomic E-state index is 14.2. The van der Waals surface area contributed by atoms with Gasteiger partial charge in [0.05, 0.1) is 30.4 Å². The summed E-state index contributed by atoms with van der Waals surface area (Å²) in [5.41, 5.74) is 6.79. The molecule has 1 saturated heterocycles. The van der Waals surface area contributed by atoms with Crippen LogP contribution in [-0.4, -0.2) is 34.3 Å². The number of likely N-dealkylation sites (tertiary alicyclic amines) is 1. The minimum absolute atomic E-state index is 0.000305. The molecule has 0 bridgehead atoms. The summed E-state index contributed by atoms with van der Waals surface area (Å²) in [6.07, 6.45) is 0.185. The van der Waals surface area contributed by atoms with Crippen molar-refractivity contribution in [2.75, 3.05) is 6.54 Å². The van der Waals surface area contributed by atoms with Crippen LogP contribution >= 0.6 is 0 Å². The largest absolute Gasteiger partial charge is 0.366 e. The van der Waals surface area contributed by atoms with Crippen LogP contribution in [0.15, 0.2) is 35.5 Å². The molecule has 1 aromatic heterocycles. The monoisotopic (exact) mass is 360 g/mol. The van der Waals surface area contributed by atoms with Gasteiger partial charge in [-0.2, -0.15) is 0 Å². The molecule has 2 aromatic rings. The van der Waals surface area contributed by atoms with Gasteiger partial charge in [-0.1, -0.05) is 0 Å². The number of amidine groups is 1. The Balaban J connectivity index is 1.75. The third kappa shape index (κ3) is 2.71. The van der Waals surface area contributed by atoms with Crippen LogP contribution in [-0.2, 0) is 6.54 Å². The molecular weight excluding hydrogens is 345 g/mol. The number of pyridine rings is 1. The highest BCUT2D eigenvalue weighted by Crippen LogP contribution is 2.38. The highest BCUT2D eigenvalue weighted by atomic mass is 19.1. The zero-order valence-electron chi connectivity index (χ0n) is 13.6. The fourth-order valence-corrected chi connectivity index (χ4v) is 3.51. The van der Waals surface area contributed by atoms with Crippen LogP contribution < -0.4 is 5.73 Å². The molecule has 0 aliphatic carbocycles. The van der Waals surface area contributed by atoms with Gasteiger partial charge in [0.1, 0.15) is 23.6 Å². The van der Waals surface area contributed by atoms with Gasteiger partial charge in [0.15, 0.2) is 0 Å². The van der Waals surface area contributed by atoms with Gasteiger partial charge in [0.25, 0.3) is 0 Å². The van der Waals surface area contributed by atoms with Crippen LogP contribution in [0.2, 0.25) is 0 Å². The van der Waals surface area contributed by atoms with E-state index in [0.717, 1.165) is 18.2 Å². The van der Waals surface area contributed by atoms with Gasteiger partial charge in [0, 0.05) is 23.7 Å². The van der Waals surface area contributed by atoms with Crippen LogP contribution in [0, 0.1) is 11.6 Å². The second kappa shape index (κ2) is 6.12. The Morgan fingerprint density at radius 1 is 1.27 bits per heavy atom. The minimum atomic E-state index is -1.21. The van der Waals surface area contributed by atoms with E-state index < -0.39 is 29.8 Å². The molecule has 2 aliphatic rings. The normalized spacial score (nSPS) is 21.7. The predicted octanol–water partition coefficient (Wildman–Crippen LogP) is 2.50. The molecule has 8 heteroatoms. The molecule has 1 aromatic carbocycles. The highest BCUT2D eigenvalue weighted by Gasteiger charge is 2.39. The number of fused-ring (bicyclic) bond motifs is 1. The van der Waals surface area contributed by atoms with E-state index >= 15 is 0 Å². The van der Waals surface area contributed by atoms with Crippen molar-refractivity contribution in [3.8, 4) is 0 Å². The van der Waals surface area contributed by atoms with Crippen LogP contribution in [0.5, 0.6) is 0 Å². The number of halogens is 3. The van der Waals surface area contributed by atoms with E-state index in [1.807, 2.05) is 0 Å². The number of nitrogens with zero attached hydrogens (tertiary/aromatic N) is 3. The number of primary amides is 1. The Morgan fingerprint density at radius 2 is 2.08 bits per heavy atom. The number of aliphatic imine (C=N–C) groups is 1. The molecule has 134 valence electrons. The summed E-state index contributed by atoms with van der Waals surface area (Å²) in [5.74, 6) is -1.40. The zero-order chi connectivity index (χ0) is 18.4. The summed E-state index contributed by atoms with van der Waals surface area (Å²) in [6.45, 7) is 0.273. The number of hydrogen-bond acceptors (Lipinski definition) is 4.